The minimum absolute atomic E-state index is 0.00680. The van der Waals surface area contributed by atoms with Gasteiger partial charge >= 0.3 is 5.97 Å². The second kappa shape index (κ2) is 4.64. The summed E-state index contributed by atoms with van der Waals surface area (Å²) < 4.78 is 6.94. The van der Waals surface area contributed by atoms with Crippen LogP contribution >= 0.6 is 0 Å². The molecule has 0 aromatic carbocycles. The molecule has 5 heteroatoms. The van der Waals surface area contributed by atoms with Crippen LogP contribution in [0.4, 0.5) is 0 Å². The normalized spacial score (nSPS) is 10.5. The smallest absolute Gasteiger partial charge is 0.306 e. The molecule has 14 heavy (non-hydrogen) atoms. The van der Waals surface area contributed by atoms with Crippen molar-refractivity contribution in [2.24, 2.45) is 0 Å². The Morgan fingerprint density at radius 2 is 2.43 bits per heavy atom. The SMILES string of the molecule is CC(C)n1cc(OCCC(=O)O)cn1. The summed E-state index contributed by atoms with van der Waals surface area (Å²) in [7, 11) is 0. The Morgan fingerprint density at radius 1 is 1.71 bits per heavy atom. The zero-order valence-corrected chi connectivity index (χ0v) is 8.30. The number of aromatic nitrogens is 2. The molecule has 0 aliphatic heterocycles. The fourth-order valence-corrected chi connectivity index (χ4v) is 0.934. The Morgan fingerprint density at radius 3 is 2.93 bits per heavy atom. The highest BCUT2D eigenvalue weighted by Crippen LogP contribution is 2.12. The van der Waals surface area contributed by atoms with Crippen LogP contribution in [0.2, 0.25) is 0 Å². The molecule has 0 aliphatic rings. The van der Waals surface area contributed by atoms with Crippen LogP contribution in [0, 0.1) is 0 Å². The van der Waals surface area contributed by atoms with Gasteiger partial charge in [-0.25, -0.2) is 0 Å². The number of ether oxygens (including phenoxy) is 1. The van der Waals surface area contributed by atoms with Gasteiger partial charge in [-0.2, -0.15) is 5.10 Å². The molecule has 0 fully saturated rings. The molecule has 0 amide bonds. The van der Waals surface area contributed by atoms with Crippen molar-refractivity contribution in [1.82, 2.24) is 9.78 Å². The average Bonchev–Trinajstić information content (AvgIpc) is 2.52. The van der Waals surface area contributed by atoms with Crippen LogP contribution in [0.5, 0.6) is 5.75 Å². The summed E-state index contributed by atoms with van der Waals surface area (Å²) in [6, 6.07) is 0.284. The highest BCUT2D eigenvalue weighted by Gasteiger charge is 2.03. The fraction of sp³-hybridized carbons (Fsp3) is 0.556. The molecule has 0 unspecified atom stereocenters. The van der Waals surface area contributed by atoms with E-state index in [1.165, 1.54) is 0 Å². The molecule has 78 valence electrons. The van der Waals surface area contributed by atoms with Gasteiger partial charge in [-0.05, 0) is 13.8 Å². The first-order chi connectivity index (χ1) is 6.59. The van der Waals surface area contributed by atoms with Gasteiger partial charge < -0.3 is 9.84 Å². The maximum atomic E-state index is 10.2. The monoisotopic (exact) mass is 198 g/mol. The highest BCUT2D eigenvalue weighted by atomic mass is 16.5. The van der Waals surface area contributed by atoms with E-state index in [-0.39, 0.29) is 19.1 Å². The number of rotatable bonds is 5. The van der Waals surface area contributed by atoms with Crippen molar-refractivity contribution < 1.29 is 14.6 Å². The van der Waals surface area contributed by atoms with E-state index in [1.807, 2.05) is 13.8 Å². The van der Waals surface area contributed by atoms with E-state index >= 15 is 0 Å². The van der Waals surface area contributed by atoms with Crippen LogP contribution < -0.4 is 4.74 Å². The van der Waals surface area contributed by atoms with Gasteiger partial charge in [-0.15, -0.1) is 0 Å². The first kappa shape index (κ1) is 10.6. The van der Waals surface area contributed by atoms with Gasteiger partial charge in [0.05, 0.1) is 25.4 Å². The summed E-state index contributed by atoms with van der Waals surface area (Å²) in [6.07, 6.45) is 3.35. The molecule has 1 aromatic rings. The third-order valence-corrected chi connectivity index (χ3v) is 1.69. The summed E-state index contributed by atoms with van der Waals surface area (Å²) in [5, 5.41) is 12.4. The number of hydrogen-bond acceptors (Lipinski definition) is 3. The number of carbonyl (C=O) groups is 1. The molecule has 0 radical (unpaired) electrons. The van der Waals surface area contributed by atoms with E-state index < -0.39 is 5.97 Å². The topological polar surface area (TPSA) is 64.3 Å². The van der Waals surface area contributed by atoms with Crippen LogP contribution in [-0.4, -0.2) is 27.5 Å². The van der Waals surface area contributed by atoms with Crippen molar-refractivity contribution >= 4 is 5.97 Å². The van der Waals surface area contributed by atoms with Crippen LogP contribution in [0.25, 0.3) is 0 Å². The molecular formula is C9H14N2O3. The maximum Gasteiger partial charge on any atom is 0.306 e. The Balaban J connectivity index is 2.40. The molecule has 0 atom stereocenters. The first-order valence-corrected chi connectivity index (χ1v) is 4.48. The minimum Gasteiger partial charge on any atom is -0.490 e. The third kappa shape index (κ3) is 3.08. The third-order valence-electron chi connectivity index (χ3n) is 1.69. The zero-order valence-electron chi connectivity index (χ0n) is 8.30. The predicted molar refractivity (Wildman–Crippen MR) is 50.4 cm³/mol. The number of nitrogens with zero attached hydrogens (tertiary/aromatic N) is 2. The molecule has 0 bridgehead atoms. The lowest BCUT2D eigenvalue weighted by Crippen LogP contribution is -2.04. The second-order valence-corrected chi connectivity index (χ2v) is 3.24. The van der Waals surface area contributed by atoms with E-state index in [0.717, 1.165) is 0 Å². The number of carboxylic acids is 1. The Bertz CT molecular complexity index is 307. The number of hydrogen-bond donors (Lipinski definition) is 1. The van der Waals surface area contributed by atoms with Crippen molar-refractivity contribution in [3.05, 3.63) is 12.4 Å². The Hall–Kier alpha value is -1.52. The molecule has 0 saturated carbocycles. The Labute approximate surface area is 82.3 Å². The molecule has 0 saturated heterocycles. The molecule has 1 heterocycles. The van der Waals surface area contributed by atoms with Crippen molar-refractivity contribution in [2.75, 3.05) is 6.61 Å². The lowest BCUT2D eigenvalue weighted by Gasteiger charge is -2.03. The summed E-state index contributed by atoms with van der Waals surface area (Å²) in [4.78, 5) is 10.2. The highest BCUT2D eigenvalue weighted by molar-refractivity contribution is 5.66. The molecule has 1 rings (SSSR count). The van der Waals surface area contributed by atoms with E-state index in [4.69, 9.17) is 9.84 Å². The van der Waals surface area contributed by atoms with Crippen LogP contribution in [0.1, 0.15) is 26.3 Å². The zero-order chi connectivity index (χ0) is 10.6. The van der Waals surface area contributed by atoms with Crippen molar-refractivity contribution in [2.45, 2.75) is 26.3 Å². The van der Waals surface area contributed by atoms with E-state index in [0.29, 0.717) is 5.75 Å². The summed E-state index contributed by atoms with van der Waals surface area (Å²) in [5.74, 6) is -0.249. The molecular weight excluding hydrogens is 184 g/mol. The first-order valence-electron chi connectivity index (χ1n) is 4.48. The van der Waals surface area contributed by atoms with Crippen LogP contribution in [0.3, 0.4) is 0 Å². The molecule has 0 spiro atoms. The Kier molecular flexibility index (Phi) is 3.50. The maximum absolute atomic E-state index is 10.2. The molecule has 1 aromatic heterocycles. The van der Waals surface area contributed by atoms with Crippen molar-refractivity contribution in [3.63, 3.8) is 0 Å². The largest absolute Gasteiger partial charge is 0.490 e. The van der Waals surface area contributed by atoms with Crippen molar-refractivity contribution in [1.29, 1.82) is 0 Å². The molecule has 1 N–H and O–H groups in total. The van der Waals surface area contributed by atoms with Gasteiger partial charge in [0.2, 0.25) is 0 Å². The van der Waals surface area contributed by atoms with Gasteiger partial charge in [-0.1, -0.05) is 0 Å². The standard InChI is InChI=1S/C9H14N2O3/c1-7(2)11-6-8(5-10-11)14-4-3-9(12)13/h5-7H,3-4H2,1-2H3,(H,12,13). The predicted octanol–water partition coefficient (Wildman–Crippen LogP) is 1.32. The number of aliphatic carboxylic acids is 1. The van der Waals surface area contributed by atoms with Gasteiger partial charge in [0.1, 0.15) is 0 Å². The fourth-order valence-electron chi connectivity index (χ4n) is 0.934. The van der Waals surface area contributed by atoms with Crippen LogP contribution in [0.15, 0.2) is 12.4 Å². The van der Waals surface area contributed by atoms with Gasteiger partial charge in [-0.3, -0.25) is 9.48 Å². The van der Waals surface area contributed by atoms with Gasteiger partial charge in [0.15, 0.2) is 5.75 Å². The molecule has 5 nitrogen and oxygen atoms in total. The van der Waals surface area contributed by atoms with Crippen LogP contribution in [-0.2, 0) is 4.79 Å². The second-order valence-electron chi connectivity index (χ2n) is 3.24. The minimum atomic E-state index is -0.860. The number of carboxylic acid groups (broad SMARTS) is 1. The summed E-state index contributed by atoms with van der Waals surface area (Å²) in [6.45, 7) is 4.20. The van der Waals surface area contributed by atoms with Gasteiger partial charge in [0, 0.05) is 6.04 Å². The van der Waals surface area contributed by atoms with Crippen molar-refractivity contribution in [3.8, 4) is 5.75 Å². The average molecular weight is 198 g/mol. The van der Waals surface area contributed by atoms with Gasteiger partial charge in [0.25, 0.3) is 0 Å². The van der Waals surface area contributed by atoms with E-state index in [1.54, 1.807) is 17.1 Å². The van der Waals surface area contributed by atoms with E-state index in [2.05, 4.69) is 5.10 Å². The lowest BCUT2D eigenvalue weighted by molar-refractivity contribution is -0.137. The summed E-state index contributed by atoms with van der Waals surface area (Å²) >= 11 is 0. The van der Waals surface area contributed by atoms with E-state index in [9.17, 15) is 4.79 Å². The quantitative estimate of drug-likeness (QED) is 0.774. The lowest BCUT2D eigenvalue weighted by atomic mass is 10.4. The summed E-state index contributed by atoms with van der Waals surface area (Å²) in [5.41, 5.74) is 0. The molecule has 0 aliphatic carbocycles.